The molecule has 96 valence electrons. The maximum Gasteiger partial charge on any atom is 0.411 e. The normalized spacial score (nSPS) is 11.7. The first kappa shape index (κ1) is 12.6. The van der Waals surface area contributed by atoms with Crippen LogP contribution in [0.1, 0.15) is 0 Å². The third-order valence-electron chi connectivity index (χ3n) is 2.14. The molecular formula is C12H10F3NO2. The van der Waals surface area contributed by atoms with Gasteiger partial charge in [0.1, 0.15) is 12.4 Å². The zero-order valence-corrected chi connectivity index (χ0v) is 9.28. The van der Waals surface area contributed by atoms with Gasteiger partial charge in [-0.2, -0.15) is 13.2 Å². The fourth-order valence-electron chi connectivity index (χ4n) is 1.40. The lowest BCUT2D eigenvalue weighted by molar-refractivity contribution is -0.186. The molecule has 0 saturated carbocycles. The highest BCUT2D eigenvalue weighted by Crippen LogP contribution is 2.18. The fraction of sp³-hybridized carbons (Fsp3) is 0.250. The molecule has 0 aliphatic rings. The molecule has 1 heterocycles. The largest absolute Gasteiger partial charge is 0.466 e. The smallest absolute Gasteiger partial charge is 0.411 e. The molecule has 0 fully saturated rings. The molecule has 0 unspecified atom stereocenters. The number of aromatic nitrogens is 1. The minimum absolute atomic E-state index is 0.371. The van der Waals surface area contributed by atoms with Crippen LogP contribution in [0.2, 0.25) is 0 Å². The van der Waals surface area contributed by atoms with Crippen LogP contribution in [0, 0.1) is 0 Å². The number of pyridine rings is 1. The molecule has 1 aromatic heterocycles. The van der Waals surface area contributed by atoms with Crippen molar-refractivity contribution in [3.05, 3.63) is 36.5 Å². The summed E-state index contributed by atoms with van der Waals surface area (Å²) in [5.41, 5.74) is 0.793. The van der Waals surface area contributed by atoms with Crippen LogP contribution in [-0.4, -0.2) is 24.6 Å². The Morgan fingerprint density at radius 2 is 1.94 bits per heavy atom. The van der Waals surface area contributed by atoms with E-state index in [-0.39, 0.29) is 0 Å². The van der Waals surface area contributed by atoms with Gasteiger partial charge in [0.15, 0.2) is 6.79 Å². The summed E-state index contributed by atoms with van der Waals surface area (Å²) in [5, 5.41) is 0.853. The Balaban J connectivity index is 1.92. The average Bonchev–Trinajstić information content (AvgIpc) is 2.33. The number of halogens is 3. The van der Waals surface area contributed by atoms with Crippen molar-refractivity contribution in [1.29, 1.82) is 0 Å². The van der Waals surface area contributed by atoms with Crippen molar-refractivity contribution in [3.8, 4) is 5.75 Å². The van der Waals surface area contributed by atoms with E-state index in [0.29, 0.717) is 5.75 Å². The molecule has 0 atom stereocenters. The van der Waals surface area contributed by atoms with Gasteiger partial charge >= 0.3 is 6.18 Å². The Morgan fingerprint density at radius 1 is 1.17 bits per heavy atom. The Morgan fingerprint density at radius 3 is 2.72 bits per heavy atom. The summed E-state index contributed by atoms with van der Waals surface area (Å²) in [6.45, 7) is -1.78. The molecule has 0 bridgehead atoms. The first-order chi connectivity index (χ1) is 8.54. The van der Waals surface area contributed by atoms with Gasteiger partial charge in [0.05, 0.1) is 11.7 Å². The molecular weight excluding hydrogens is 247 g/mol. The number of hydrogen-bond donors (Lipinski definition) is 0. The van der Waals surface area contributed by atoms with Gasteiger partial charge in [-0.05, 0) is 12.1 Å². The lowest BCUT2D eigenvalue weighted by Crippen LogP contribution is -2.19. The summed E-state index contributed by atoms with van der Waals surface area (Å²) in [6.07, 6.45) is -2.90. The predicted molar refractivity (Wildman–Crippen MR) is 59.2 cm³/mol. The summed E-state index contributed by atoms with van der Waals surface area (Å²) in [5.74, 6) is 0.371. The molecule has 2 rings (SSSR count). The summed E-state index contributed by atoms with van der Waals surface area (Å²) >= 11 is 0. The van der Waals surface area contributed by atoms with E-state index in [9.17, 15) is 13.2 Å². The molecule has 0 amide bonds. The van der Waals surface area contributed by atoms with Crippen LogP contribution in [0.4, 0.5) is 13.2 Å². The number of fused-ring (bicyclic) bond motifs is 1. The summed E-state index contributed by atoms with van der Waals surface area (Å²) in [7, 11) is 0. The van der Waals surface area contributed by atoms with E-state index in [4.69, 9.17) is 4.74 Å². The number of para-hydroxylation sites is 1. The number of rotatable bonds is 4. The molecule has 0 aliphatic carbocycles. The van der Waals surface area contributed by atoms with Crippen molar-refractivity contribution in [2.75, 3.05) is 13.4 Å². The van der Waals surface area contributed by atoms with Crippen molar-refractivity contribution < 1.29 is 22.6 Å². The Bertz CT molecular complexity index is 528. The van der Waals surface area contributed by atoms with Crippen LogP contribution < -0.4 is 4.74 Å². The molecule has 3 nitrogen and oxygen atoms in total. The highest BCUT2D eigenvalue weighted by atomic mass is 19.4. The Hall–Kier alpha value is -1.82. The second kappa shape index (κ2) is 5.22. The maximum atomic E-state index is 11.8. The number of alkyl halides is 3. The third kappa shape index (κ3) is 3.59. The number of benzene rings is 1. The lowest BCUT2D eigenvalue weighted by Gasteiger charge is -2.09. The predicted octanol–water partition coefficient (Wildman–Crippen LogP) is 3.15. The van der Waals surface area contributed by atoms with Crippen molar-refractivity contribution in [1.82, 2.24) is 4.98 Å². The van der Waals surface area contributed by atoms with E-state index in [1.807, 2.05) is 24.3 Å². The summed E-state index contributed by atoms with van der Waals surface area (Å²) in [4.78, 5) is 4.11. The second-order valence-corrected chi connectivity index (χ2v) is 3.59. The molecule has 0 radical (unpaired) electrons. The lowest BCUT2D eigenvalue weighted by atomic mass is 10.2. The molecule has 6 heteroatoms. The molecule has 1 aromatic carbocycles. The quantitative estimate of drug-likeness (QED) is 0.622. The number of hydrogen-bond acceptors (Lipinski definition) is 3. The van der Waals surface area contributed by atoms with Crippen molar-refractivity contribution in [2.45, 2.75) is 6.18 Å². The van der Waals surface area contributed by atoms with Crippen LogP contribution in [0.25, 0.3) is 10.9 Å². The van der Waals surface area contributed by atoms with E-state index in [2.05, 4.69) is 9.72 Å². The van der Waals surface area contributed by atoms with Gasteiger partial charge in [-0.25, -0.2) is 0 Å². The second-order valence-electron chi connectivity index (χ2n) is 3.59. The monoisotopic (exact) mass is 257 g/mol. The van der Waals surface area contributed by atoms with Crippen LogP contribution in [0.3, 0.4) is 0 Å². The van der Waals surface area contributed by atoms with E-state index in [1.54, 1.807) is 6.07 Å². The van der Waals surface area contributed by atoms with Crippen LogP contribution in [0.5, 0.6) is 5.75 Å². The number of nitrogens with zero attached hydrogens (tertiary/aromatic N) is 1. The van der Waals surface area contributed by atoms with E-state index in [0.717, 1.165) is 10.9 Å². The molecule has 0 saturated heterocycles. The zero-order valence-electron chi connectivity index (χ0n) is 9.28. The van der Waals surface area contributed by atoms with Gasteiger partial charge in [0.2, 0.25) is 0 Å². The zero-order chi connectivity index (χ0) is 13.0. The molecule has 18 heavy (non-hydrogen) atoms. The molecule has 2 aromatic rings. The minimum atomic E-state index is -4.34. The van der Waals surface area contributed by atoms with Crippen LogP contribution in [-0.2, 0) is 4.74 Å². The topological polar surface area (TPSA) is 31.4 Å². The minimum Gasteiger partial charge on any atom is -0.466 e. The van der Waals surface area contributed by atoms with Gasteiger partial charge in [0.25, 0.3) is 0 Å². The SMILES string of the molecule is FC(F)(F)COCOc1cnc2ccccc2c1. The average molecular weight is 257 g/mol. The van der Waals surface area contributed by atoms with Gasteiger partial charge in [-0.3, -0.25) is 4.98 Å². The van der Waals surface area contributed by atoms with Gasteiger partial charge in [0, 0.05) is 5.39 Å². The molecule has 0 N–H and O–H groups in total. The third-order valence-corrected chi connectivity index (χ3v) is 2.14. The van der Waals surface area contributed by atoms with Crippen LogP contribution in [0.15, 0.2) is 36.5 Å². The van der Waals surface area contributed by atoms with Crippen molar-refractivity contribution >= 4 is 10.9 Å². The number of ether oxygens (including phenoxy) is 2. The standard InChI is InChI=1S/C12H10F3NO2/c13-12(14,15)7-17-8-18-10-5-9-3-1-2-4-11(9)16-6-10/h1-6H,7-8H2. The first-order valence-corrected chi connectivity index (χ1v) is 5.17. The van der Waals surface area contributed by atoms with E-state index in [1.165, 1.54) is 6.20 Å². The molecule has 0 aliphatic heterocycles. The van der Waals surface area contributed by atoms with Gasteiger partial charge < -0.3 is 9.47 Å². The van der Waals surface area contributed by atoms with Gasteiger partial charge in [-0.1, -0.05) is 18.2 Å². The Labute approximate surface area is 101 Å². The summed E-state index contributed by atoms with van der Waals surface area (Å²) < 4.78 is 44.8. The maximum absolute atomic E-state index is 11.8. The molecule has 0 spiro atoms. The van der Waals surface area contributed by atoms with Gasteiger partial charge in [-0.15, -0.1) is 0 Å². The Kier molecular flexibility index (Phi) is 3.66. The van der Waals surface area contributed by atoms with E-state index < -0.39 is 19.6 Å². The van der Waals surface area contributed by atoms with Crippen molar-refractivity contribution in [2.24, 2.45) is 0 Å². The van der Waals surface area contributed by atoms with Crippen LogP contribution >= 0.6 is 0 Å². The first-order valence-electron chi connectivity index (χ1n) is 5.17. The highest BCUT2D eigenvalue weighted by Gasteiger charge is 2.27. The van der Waals surface area contributed by atoms with Crippen molar-refractivity contribution in [3.63, 3.8) is 0 Å². The van der Waals surface area contributed by atoms with E-state index >= 15 is 0 Å². The fourth-order valence-corrected chi connectivity index (χ4v) is 1.40. The summed E-state index contributed by atoms with van der Waals surface area (Å²) in [6, 6.07) is 9.06. The highest BCUT2D eigenvalue weighted by molar-refractivity contribution is 5.79.